The van der Waals surface area contributed by atoms with Gasteiger partial charge in [0.15, 0.2) is 5.82 Å². The molecule has 3 aromatic rings. The van der Waals surface area contributed by atoms with Crippen molar-refractivity contribution in [3.8, 4) is 11.4 Å². The highest BCUT2D eigenvalue weighted by Crippen LogP contribution is 2.27. The van der Waals surface area contributed by atoms with Gasteiger partial charge in [-0.15, -0.1) is 10.2 Å². The van der Waals surface area contributed by atoms with Crippen molar-refractivity contribution in [2.75, 3.05) is 13.1 Å². The van der Waals surface area contributed by atoms with Gasteiger partial charge in [0.05, 0.1) is 11.7 Å². The second-order valence-electron chi connectivity index (χ2n) is 6.42. The number of nitrogens with zero attached hydrogens (tertiary/aromatic N) is 6. The summed E-state index contributed by atoms with van der Waals surface area (Å²) in [5.41, 5.74) is 2.52. The molecule has 1 fully saturated rings. The van der Waals surface area contributed by atoms with Gasteiger partial charge in [0, 0.05) is 25.7 Å². The SMILES string of the molecule is Cc1cc(C(=O)N2CCC(n3cnnc3-c3ccccc3)C2)n(C)n1. The predicted octanol–water partition coefficient (Wildman–Crippen LogP) is 2.07. The quantitative estimate of drug-likeness (QED) is 0.734. The van der Waals surface area contributed by atoms with Crippen molar-refractivity contribution >= 4 is 5.91 Å². The Hall–Kier alpha value is -2.96. The Balaban J connectivity index is 1.55. The van der Waals surface area contributed by atoms with Crippen LogP contribution in [-0.4, -0.2) is 48.4 Å². The highest BCUT2D eigenvalue weighted by molar-refractivity contribution is 5.92. The van der Waals surface area contributed by atoms with Gasteiger partial charge in [-0.1, -0.05) is 30.3 Å². The molecule has 7 heteroatoms. The summed E-state index contributed by atoms with van der Waals surface area (Å²) in [6, 6.07) is 12.0. The average Bonchev–Trinajstić information content (AvgIpc) is 3.33. The first kappa shape index (κ1) is 15.6. The Kier molecular flexibility index (Phi) is 3.83. The summed E-state index contributed by atoms with van der Waals surface area (Å²) >= 11 is 0. The molecule has 1 aromatic carbocycles. The predicted molar refractivity (Wildman–Crippen MR) is 93.0 cm³/mol. The summed E-state index contributed by atoms with van der Waals surface area (Å²) in [7, 11) is 1.81. The van der Waals surface area contributed by atoms with Crippen LogP contribution in [0.4, 0.5) is 0 Å². The van der Waals surface area contributed by atoms with E-state index in [-0.39, 0.29) is 11.9 Å². The maximum atomic E-state index is 12.8. The molecule has 3 heterocycles. The molecule has 0 saturated carbocycles. The topological polar surface area (TPSA) is 68.8 Å². The van der Waals surface area contributed by atoms with Crippen LogP contribution in [0.25, 0.3) is 11.4 Å². The number of likely N-dealkylation sites (tertiary alicyclic amines) is 1. The molecule has 7 nitrogen and oxygen atoms in total. The first-order valence-electron chi connectivity index (χ1n) is 8.38. The Morgan fingerprint density at radius 2 is 2.04 bits per heavy atom. The molecule has 128 valence electrons. The van der Waals surface area contributed by atoms with Crippen LogP contribution in [0, 0.1) is 6.92 Å². The third-order valence-electron chi connectivity index (χ3n) is 4.67. The smallest absolute Gasteiger partial charge is 0.272 e. The molecular weight excluding hydrogens is 316 g/mol. The lowest BCUT2D eigenvalue weighted by atomic mass is 10.2. The summed E-state index contributed by atoms with van der Waals surface area (Å²) in [6.45, 7) is 3.27. The van der Waals surface area contributed by atoms with Gasteiger partial charge in [-0.3, -0.25) is 9.48 Å². The van der Waals surface area contributed by atoms with Crippen LogP contribution >= 0.6 is 0 Å². The van der Waals surface area contributed by atoms with Gasteiger partial charge in [0.1, 0.15) is 12.0 Å². The molecule has 2 aromatic heterocycles. The Morgan fingerprint density at radius 1 is 1.24 bits per heavy atom. The lowest BCUT2D eigenvalue weighted by Gasteiger charge is -2.18. The summed E-state index contributed by atoms with van der Waals surface area (Å²) in [6.07, 6.45) is 2.65. The standard InChI is InChI=1S/C18H20N6O/c1-13-10-16(22(2)21-13)18(25)23-9-8-15(11-23)24-12-19-20-17(24)14-6-4-3-5-7-14/h3-7,10,12,15H,8-9,11H2,1-2H3. The average molecular weight is 336 g/mol. The maximum Gasteiger partial charge on any atom is 0.272 e. The van der Waals surface area contributed by atoms with E-state index < -0.39 is 0 Å². The number of carbonyl (C=O) groups excluding carboxylic acids is 1. The molecule has 0 aliphatic carbocycles. The minimum atomic E-state index is 0.0277. The molecule has 1 amide bonds. The largest absolute Gasteiger partial charge is 0.335 e. The van der Waals surface area contributed by atoms with Crippen LogP contribution < -0.4 is 0 Å². The molecule has 0 bridgehead atoms. The molecule has 0 spiro atoms. The molecule has 1 unspecified atom stereocenters. The van der Waals surface area contributed by atoms with Crippen LogP contribution in [0.5, 0.6) is 0 Å². The van der Waals surface area contributed by atoms with Gasteiger partial charge in [0.25, 0.3) is 5.91 Å². The zero-order valence-corrected chi connectivity index (χ0v) is 14.3. The number of amides is 1. The van der Waals surface area contributed by atoms with Crippen molar-refractivity contribution in [2.45, 2.75) is 19.4 Å². The fraction of sp³-hybridized carbons (Fsp3) is 0.333. The summed E-state index contributed by atoms with van der Waals surface area (Å²) in [4.78, 5) is 14.7. The van der Waals surface area contributed by atoms with E-state index in [1.807, 2.05) is 48.2 Å². The lowest BCUT2D eigenvalue weighted by Crippen LogP contribution is -2.30. The van der Waals surface area contributed by atoms with Gasteiger partial charge >= 0.3 is 0 Å². The zero-order valence-electron chi connectivity index (χ0n) is 14.3. The van der Waals surface area contributed by atoms with Crippen molar-refractivity contribution in [3.63, 3.8) is 0 Å². The second-order valence-corrected chi connectivity index (χ2v) is 6.42. The van der Waals surface area contributed by atoms with Crippen LogP contribution in [0.2, 0.25) is 0 Å². The number of aromatic nitrogens is 5. The molecule has 25 heavy (non-hydrogen) atoms. The highest BCUT2D eigenvalue weighted by Gasteiger charge is 2.30. The summed E-state index contributed by atoms with van der Waals surface area (Å²) in [5, 5.41) is 12.6. The highest BCUT2D eigenvalue weighted by atomic mass is 16.2. The van der Waals surface area contributed by atoms with Crippen LogP contribution in [0.3, 0.4) is 0 Å². The third kappa shape index (κ3) is 2.82. The normalized spacial score (nSPS) is 17.2. The first-order valence-corrected chi connectivity index (χ1v) is 8.38. The fourth-order valence-electron chi connectivity index (χ4n) is 3.43. The fourth-order valence-corrected chi connectivity index (χ4v) is 3.43. The van der Waals surface area contributed by atoms with E-state index in [2.05, 4.69) is 19.9 Å². The minimum absolute atomic E-state index is 0.0277. The molecule has 1 aliphatic heterocycles. The van der Waals surface area contributed by atoms with Crippen molar-refractivity contribution in [1.29, 1.82) is 0 Å². The summed E-state index contributed by atoms with van der Waals surface area (Å²) in [5.74, 6) is 0.871. The van der Waals surface area contributed by atoms with E-state index >= 15 is 0 Å². The van der Waals surface area contributed by atoms with E-state index in [0.29, 0.717) is 12.2 Å². The molecule has 1 atom stereocenters. The van der Waals surface area contributed by atoms with Gasteiger partial charge < -0.3 is 9.47 Å². The Labute approximate surface area is 145 Å². The zero-order chi connectivity index (χ0) is 17.4. The van der Waals surface area contributed by atoms with E-state index in [1.54, 1.807) is 18.1 Å². The molecule has 0 radical (unpaired) electrons. The van der Waals surface area contributed by atoms with Crippen LogP contribution in [0.15, 0.2) is 42.7 Å². The van der Waals surface area contributed by atoms with E-state index in [0.717, 1.165) is 30.0 Å². The molecule has 1 aliphatic rings. The van der Waals surface area contributed by atoms with E-state index in [1.165, 1.54) is 0 Å². The Bertz CT molecular complexity index is 897. The van der Waals surface area contributed by atoms with Crippen LogP contribution in [-0.2, 0) is 7.05 Å². The number of hydrogen-bond acceptors (Lipinski definition) is 4. The van der Waals surface area contributed by atoms with Crippen molar-refractivity contribution in [2.24, 2.45) is 7.05 Å². The van der Waals surface area contributed by atoms with Gasteiger partial charge in [-0.05, 0) is 19.4 Å². The number of benzene rings is 1. The number of rotatable bonds is 3. The molecule has 1 saturated heterocycles. The van der Waals surface area contributed by atoms with Crippen molar-refractivity contribution in [1.82, 2.24) is 29.4 Å². The summed E-state index contributed by atoms with van der Waals surface area (Å²) < 4.78 is 3.73. The third-order valence-corrected chi connectivity index (χ3v) is 4.67. The number of carbonyl (C=O) groups is 1. The molecule has 4 rings (SSSR count). The Morgan fingerprint density at radius 3 is 2.76 bits per heavy atom. The molecule has 0 N–H and O–H groups in total. The van der Waals surface area contributed by atoms with Crippen molar-refractivity contribution < 1.29 is 4.79 Å². The second kappa shape index (κ2) is 6.16. The van der Waals surface area contributed by atoms with E-state index in [4.69, 9.17) is 0 Å². The van der Waals surface area contributed by atoms with Gasteiger partial charge in [-0.2, -0.15) is 5.10 Å². The first-order chi connectivity index (χ1) is 12.1. The van der Waals surface area contributed by atoms with E-state index in [9.17, 15) is 4.79 Å². The molecular formula is C18H20N6O. The van der Waals surface area contributed by atoms with Crippen molar-refractivity contribution in [3.05, 3.63) is 54.1 Å². The van der Waals surface area contributed by atoms with Crippen LogP contribution in [0.1, 0.15) is 28.6 Å². The number of hydrogen-bond donors (Lipinski definition) is 0. The maximum absolute atomic E-state index is 12.8. The van der Waals surface area contributed by atoms with Gasteiger partial charge in [0.2, 0.25) is 0 Å². The monoisotopic (exact) mass is 336 g/mol. The minimum Gasteiger partial charge on any atom is -0.335 e. The lowest BCUT2D eigenvalue weighted by molar-refractivity contribution is 0.0777. The number of aryl methyl sites for hydroxylation is 2. The van der Waals surface area contributed by atoms with Gasteiger partial charge in [-0.25, -0.2) is 0 Å².